The summed E-state index contributed by atoms with van der Waals surface area (Å²) in [6.45, 7) is 5.30. The van der Waals surface area contributed by atoms with E-state index in [1.54, 1.807) is 0 Å². The van der Waals surface area contributed by atoms with Gasteiger partial charge in [0.1, 0.15) is 11.5 Å². The Morgan fingerprint density at radius 1 is 0.967 bits per heavy atom. The number of aliphatic carboxylic acids is 2. The summed E-state index contributed by atoms with van der Waals surface area (Å²) in [5, 5.41) is 32.5. The van der Waals surface area contributed by atoms with E-state index in [1.807, 2.05) is 36.4 Å². The first-order valence-corrected chi connectivity index (χ1v) is 9.63. The summed E-state index contributed by atoms with van der Waals surface area (Å²) in [6, 6.07) is 11.9. The number of likely N-dealkylation sites (tertiary alicyclic amines) is 1. The third-order valence-electron chi connectivity index (χ3n) is 4.51. The monoisotopic (exact) mass is 421 g/mol. The smallest absolute Gasteiger partial charge is 0.335 e. The summed E-state index contributed by atoms with van der Waals surface area (Å²) in [6.07, 6.45) is -0.577. The highest BCUT2D eigenvalue weighted by molar-refractivity contribution is 5.83. The third kappa shape index (κ3) is 7.51. The van der Waals surface area contributed by atoms with Crippen molar-refractivity contribution in [1.29, 1.82) is 0 Å². The van der Waals surface area contributed by atoms with Gasteiger partial charge in [0.25, 0.3) is 5.95 Å². The molecule has 1 fully saturated rings. The maximum absolute atomic E-state index is 9.77. The topological polar surface area (TPSA) is 141 Å². The minimum atomic E-state index is -2.27. The Morgan fingerprint density at radius 3 is 2.07 bits per heavy atom. The van der Waals surface area contributed by atoms with E-state index in [1.165, 1.54) is 37.9 Å². The third-order valence-corrected chi connectivity index (χ3v) is 4.51. The summed E-state index contributed by atoms with van der Waals surface area (Å²) in [7, 11) is 0. The van der Waals surface area contributed by atoms with Gasteiger partial charge in [0, 0.05) is 6.07 Å². The number of carbonyl (C=O) groups is 2. The molecule has 0 saturated carbocycles. The Labute approximate surface area is 174 Å². The van der Waals surface area contributed by atoms with Gasteiger partial charge in [-0.1, -0.05) is 24.1 Å². The van der Waals surface area contributed by atoms with Gasteiger partial charge in [0.2, 0.25) is 0 Å². The van der Waals surface area contributed by atoms with Gasteiger partial charge < -0.3 is 29.6 Å². The molecule has 2 heterocycles. The maximum Gasteiger partial charge on any atom is 0.335 e. The van der Waals surface area contributed by atoms with Crippen molar-refractivity contribution in [3.63, 3.8) is 0 Å². The van der Waals surface area contributed by atoms with E-state index in [0.29, 0.717) is 5.95 Å². The average molecular weight is 421 g/mol. The van der Waals surface area contributed by atoms with E-state index < -0.39 is 24.1 Å². The second-order valence-corrected chi connectivity index (χ2v) is 7.04. The predicted molar refractivity (Wildman–Crippen MR) is 106 cm³/mol. The predicted octanol–water partition coefficient (Wildman–Crippen LogP) is 2.24. The fraction of sp³-hybridized carbons (Fsp3) is 0.429. The van der Waals surface area contributed by atoms with Crippen LogP contribution in [0.4, 0.5) is 0 Å². The second kappa shape index (κ2) is 11.3. The molecule has 0 spiro atoms. The Hall–Kier alpha value is -2.88. The number of aliphatic hydroxyl groups excluding tert-OH is 2. The number of hydrogen-bond donors (Lipinski definition) is 4. The number of rotatable bonds is 7. The number of aryl methyl sites for hydroxylation is 1. The lowest BCUT2D eigenvalue weighted by molar-refractivity contribution is -0.165. The number of aliphatic hydroxyl groups is 2. The lowest BCUT2D eigenvalue weighted by atomic mass is 10.1. The number of benzene rings is 1. The van der Waals surface area contributed by atoms with Crippen molar-refractivity contribution in [3.05, 3.63) is 47.7 Å². The van der Waals surface area contributed by atoms with Crippen LogP contribution >= 0.6 is 0 Å². The number of piperidine rings is 1. The Bertz CT molecular complexity index is 793. The Balaban J connectivity index is 0.000000274. The van der Waals surface area contributed by atoms with Gasteiger partial charge in [-0.05, 0) is 51.1 Å². The zero-order valence-corrected chi connectivity index (χ0v) is 16.7. The van der Waals surface area contributed by atoms with Gasteiger partial charge in [-0.25, -0.2) is 9.59 Å². The zero-order chi connectivity index (χ0) is 22.1. The van der Waals surface area contributed by atoms with Crippen LogP contribution in [-0.4, -0.2) is 62.6 Å². The molecule has 0 aliphatic carbocycles. The van der Waals surface area contributed by atoms with Crippen molar-refractivity contribution < 1.29 is 39.2 Å². The van der Waals surface area contributed by atoms with Crippen LogP contribution in [0, 0.1) is 6.92 Å². The second-order valence-electron chi connectivity index (χ2n) is 7.04. The van der Waals surface area contributed by atoms with Crippen molar-refractivity contribution in [1.82, 2.24) is 4.90 Å². The van der Waals surface area contributed by atoms with E-state index in [4.69, 9.17) is 29.6 Å². The molecule has 1 aliphatic rings. The lowest BCUT2D eigenvalue weighted by Crippen LogP contribution is -2.39. The van der Waals surface area contributed by atoms with Crippen molar-refractivity contribution in [2.24, 2.45) is 0 Å². The summed E-state index contributed by atoms with van der Waals surface area (Å²) in [5.74, 6) is -1.17. The number of carboxylic acids is 2. The average Bonchev–Trinajstić information content (AvgIpc) is 3.16. The van der Waals surface area contributed by atoms with Gasteiger partial charge in [-0.3, -0.25) is 4.90 Å². The van der Waals surface area contributed by atoms with Crippen molar-refractivity contribution in [2.75, 3.05) is 13.1 Å². The Morgan fingerprint density at radius 2 is 1.53 bits per heavy atom. The first kappa shape index (κ1) is 23.4. The molecule has 2 unspecified atom stereocenters. The van der Waals surface area contributed by atoms with Crippen LogP contribution < -0.4 is 4.74 Å². The Kier molecular flexibility index (Phi) is 8.85. The quantitative estimate of drug-likeness (QED) is 0.530. The van der Waals surface area contributed by atoms with Crippen LogP contribution in [0.3, 0.4) is 0 Å². The number of ether oxygens (including phenoxy) is 1. The minimum absolute atomic E-state index is 0.570. The molecular weight excluding hydrogens is 394 g/mol. The summed E-state index contributed by atoms with van der Waals surface area (Å²) in [4.78, 5) is 22.0. The molecule has 164 valence electrons. The van der Waals surface area contributed by atoms with Crippen LogP contribution in [-0.2, 0) is 16.1 Å². The normalized spacial score (nSPS) is 16.1. The largest absolute Gasteiger partial charge is 0.479 e. The molecule has 2 aromatic rings. The number of nitrogens with zero attached hydrogens (tertiary/aromatic N) is 1. The van der Waals surface area contributed by atoms with Crippen molar-refractivity contribution in [3.8, 4) is 11.7 Å². The number of carboxylic acid groups (broad SMARTS) is 2. The summed E-state index contributed by atoms with van der Waals surface area (Å²) >= 11 is 0. The highest BCUT2D eigenvalue weighted by Crippen LogP contribution is 2.25. The molecule has 2 atom stereocenters. The maximum atomic E-state index is 9.77. The summed E-state index contributed by atoms with van der Waals surface area (Å²) in [5.41, 5.74) is 1.22. The van der Waals surface area contributed by atoms with Crippen molar-refractivity contribution in [2.45, 2.75) is 44.9 Å². The van der Waals surface area contributed by atoms with Crippen LogP contribution in [0.1, 0.15) is 30.6 Å². The molecule has 4 N–H and O–H groups in total. The SMILES string of the molecule is Cc1ccc(Oc2ccc(CN3CCCCC3)o2)cc1.O=C(O)C(O)C(O)C(=O)O. The van der Waals surface area contributed by atoms with E-state index in [2.05, 4.69) is 11.8 Å². The van der Waals surface area contributed by atoms with Crippen LogP contribution in [0.2, 0.25) is 0 Å². The van der Waals surface area contributed by atoms with Crippen LogP contribution in [0.5, 0.6) is 11.7 Å². The van der Waals surface area contributed by atoms with E-state index in [9.17, 15) is 9.59 Å². The fourth-order valence-corrected chi connectivity index (χ4v) is 2.83. The standard InChI is InChI=1S/C17H21NO2.C4H6O6/c1-14-5-7-15(8-6-14)19-17-10-9-16(20-17)13-18-11-3-2-4-12-18;5-1(3(7)8)2(6)4(9)10/h5-10H,2-4,11-13H2,1H3;1-2,5-6H,(H,7,8)(H,9,10). The highest BCUT2D eigenvalue weighted by Gasteiger charge is 2.29. The molecule has 0 bridgehead atoms. The van der Waals surface area contributed by atoms with Crippen LogP contribution in [0.15, 0.2) is 40.8 Å². The van der Waals surface area contributed by atoms with Crippen molar-refractivity contribution >= 4 is 11.9 Å². The summed E-state index contributed by atoms with van der Waals surface area (Å²) < 4.78 is 11.5. The molecule has 0 radical (unpaired) electrons. The van der Waals surface area contributed by atoms with Gasteiger partial charge in [-0.15, -0.1) is 0 Å². The highest BCUT2D eigenvalue weighted by atomic mass is 16.6. The molecule has 30 heavy (non-hydrogen) atoms. The van der Waals surface area contributed by atoms with Gasteiger partial charge >= 0.3 is 11.9 Å². The molecular formula is C21H27NO8. The molecule has 1 aromatic carbocycles. The van der Waals surface area contributed by atoms with E-state index >= 15 is 0 Å². The van der Waals surface area contributed by atoms with Gasteiger partial charge in [0.15, 0.2) is 12.2 Å². The van der Waals surface area contributed by atoms with E-state index in [0.717, 1.165) is 18.1 Å². The lowest BCUT2D eigenvalue weighted by Gasteiger charge is -2.25. The fourth-order valence-electron chi connectivity index (χ4n) is 2.83. The van der Waals surface area contributed by atoms with Crippen LogP contribution in [0.25, 0.3) is 0 Å². The first-order chi connectivity index (χ1) is 14.3. The molecule has 3 rings (SSSR count). The molecule has 9 nitrogen and oxygen atoms in total. The molecule has 1 aliphatic heterocycles. The molecule has 1 saturated heterocycles. The molecule has 0 amide bonds. The number of hydrogen-bond acceptors (Lipinski definition) is 7. The minimum Gasteiger partial charge on any atom is -0.479 e. The molecule has 9 heteroatoms. The van der Waals surface area contributed by atoms with E-state index in [-0.39, 0.29) is 0 Å². The van der Waals surface area contributed by atoms with Gasteiger partial charge in [-0.2, -0.15) is 0 Å². The first-order valence-electron chi connectivity index (χ1n) is 9.63. The zero-order valence-electron chi connectivity index (χ0n) is 16.7. The number of furan rings is 1. The van der Waals surface area contributed by atoms with Gasteiger partial charge in [0.05, 0.1) is 6.54 Å². The molecule has 1 aromatic heterocycles.